The van der Waals surface area contributed by atoms with Gasteiger partial charge in [-0.15, -0.1) is 12.3 Å². The Kier molecular flexibility index (Phi) is 5.51. The number of hydrogen-bond donors (Lipinski definition) is 1. The first-order chi connectivity index (χ1) is 8.19. The highest BCUT2D eigenvalue weighted by atomic mass is 19.1. The van der Waals surface area contributed by atoms with Crippen molar-refractivity contribution in [2.45, 2.75) is 25.8 Å². The molecule has 0 aliphatic carbocycles. The van der Waals surface area contributed by atoms with E-state index in [1.54, 1.807) is 12.1 Å². The number of unbranched alkanes of at least 4 members (excludes halogenated alkanes) is 1. The second-order valence-corrected chi connectivity index (χ2v) is 3.87. The van der Waals surface area contributed by atoms with Crippen LogP contribution in [-0.2, 0) is 0 Å². The fraction of sp³-hybridized carbons (Fsp3) is 0.429. The average molecular weight is 235 g/mol. The maximum Gasteiger partial charge on any atom is 0.131 e. The van der Waals surface area contributed by atoms with E-state index in [-0.39, 0.29) is 11.9 Å². The smallest absolute Gasteiger partial charge is 0.131 e. The average Bonchev–Trinajstić information content (AvgIpc) is 2.34. The normalized spacial score (nSPS) is 11.9. The monoisotopic (exact) mass is 235 g/mol. The molecule has 1 aromatic carbocycles. The van der Waals surface area contributed by atoms with Crippen LogP contribution in [0.1, 0.15) is 31.4 Å². The molecule has 1 rings (SSSR count). The van der Waals surface area contributed by atoms with Crippen LogP contribution in [0.25, 0.3) is 0 Å². The second-order valence-electron chi connectivity index (χ2n) is 3.87. The molecule has 0 spiro atoms. The van der Waals surface area contributed by atoms with Gasteiger partial charge in [0.1, 0.15) is 11.6 Å². The highest BCUT2D eigenvalue weighted by Crippen LogP contribution is 2.21. The van der Waals surface area contributed by atoms with Gasteiger partial charge in [0.25, 0.3) is 0 Å². The number of rotatable bonds is 6. The molecule has 0 aliphatic rings. The molecule has 1 atom stereocenters. The zero-order valence-electron chi connectivity index (χ0n) is 10.3. The first kappa shape index (κ1) is 13.5. The Morgan fingerprint density at radius 1 is 1.53 bits per heavy atom. The molecule has 0 saturated heterocycles. The summed E-state index contributed by atoms with van der Waals surface area (Å²) in [5.74, 6) is 2.86. The molecule has 1 N–H and O–H groups in total. The molecule has 92 valence electrons. The molecule has 0 radical (unpaired) electrons. The van der Waals surface area contributed by atoms with Gasteiger partial charge in [0.2, 0.25) is 0 Å². The Hall–Kier alpha value is -1.53. The molecule has 2 nitrogen and oxygen atoms in total. The van der Waals surface area contributed by atoms with Gasteiger partial charge in [0.05, 0.1) is 7.11 Å². The van der Waals surface area contributed by atoms with E-state index in [1.807, 2.05) is 6.92 Å². The van der Waals surface area contributed by atoms with Crippen LogP contribution in [0.15, 0.2) is 18.2 Å². The van der Waals surface area contributed by atoms with Gasteiger partial charge >= 0.3 is 0 Å². The van der Waals surface area contributed by atoms with E-state index >= 15 is 0 Å². The summed E-state index contributed by atoms with van der Waals surface area (Å²) in [4.78, 5) is 0. The molecule has 0 aliphatic heterocycles. The van der Waals surface area contributed by atoms with E-state index < -0.39 is 0 Å². The maximum atomic E-state index is 13.7. The van der Waals surface area contributed by atoms with Gasteiger partial charge in [0.15, 0.2) is 0 Å². The van der Waals surface area contributed by atoms with Crippen molar-refractivity contribution in [3.8, 4) is 18.1 Å². The molecule has 0 bridgehead atoms. The molecular formula is C14H18FNO. The summed E-state index contributed by atoms with van der Waals surface area (Å²) in [6.07, 6.45) is 6.80. The van der Waals surface area contributed by atoms with Gasteiger partial charge in [-0.2, -0.15) is 0 Å². The van der Waals surface area contributed by atoms with E-state index in [2.05, 4.69) is 11.2 Å². The van der Waals surface area contributed by atoms with Crippen molar-refractivity contribution in [3.05, 3.63) is 29.6 Å². The van der Waals surface area contributed by atoms with Gasteiger partial charge in [0, 0.05) is 24.1 Å². The van der Waals surface area contributed by atoms with Gasteiger partial charge in [-0.1, -0.05) is 6.07 Å². The van der Waals surface area contributed by atoms with Crippen LogP contribution in [-0.4, -0.2) is 13.7 Å². The van der Waals surface area contributed by atoms with Crippen molar-refractivity contribution in [1.29, 1.82) is 0 Å². The summed E-state index contributed by atoms with van der Waals surface area (Å²) in [7, 11) is 1.52. The standard InChI is InChI=1S/C14H18FNO/c1-4-5-6-9-16-11(2)13-8-7-12(17-3)10-14(13)15/h1,7-8,10-11,16H,5-6,9H2,2-3H3. The van der Waals surface area contributed by atoms with Crippen LogP contribution < -0.4 is 10.1 Å². The van der Waals surface area contributed by atoms with Crippen molar-refractivity contribution in [1.82, 2.24) is 5.32 Å². The number of nitrogens with one attached hydrogen (secondary N) is 1. The Labute approximate surface area is 102 Å². The van der Waals surface area contributed by atoms with Crippen molar-refractivity contribution in [3.63, 3.8) is 0 Å². The van der Waals surface area contributed by atoms with Crippen molar-refractivity contribution >= 4 is 0 Å². The molecule has 17 heavy (non-hydrogen) atoms. The Balaban J connectivity index is 2.57. The predicted molar refractivity (Wildman–Crippen MR) is 67.4 cm³/mol. The molecule has 1 unspecified atom stereocenters. The SMILES string of the molecule is C#CCCCNC(C)c1ccc(OC)cc1F. The third-order valence-electron chi connectivity index (χ3n) is 2.62. The highest BCUT2D eigenvalue weighted by molar-refractivity contribution is 5.30. The van der Waals surface area contributed by atoms with Gasteiger partial charge < -0.3 is 10.1 Å². The second kappa shape index (κ2) is 6.93. The number of hydrogen-bond acceptors (Lipinski definition) is 2. The van der Waals surface area contributed by atoms with E-state index in [4.69, 9.17) is 11.2 Å². The number of ether oxygens (including phenoxy) is 1. The largest absolute Gasteiger partial charge is 0.497 e. The molecule has 0 aromatic heterocycles. The molecule has 0 fully saturated rings. The zero-order chi connectivity index (χ0) is 12.7. The van der Waals surface area contributed by atoms with Crippen LogP contribution in [0.2, 0.25) is 0 Å². The quantitative estimate of drug-likeness (QED) is 0.604. The fourth-order valence-corrected chi connectivity index (χ4v) is 1.60. The number of terminal acetylenes is 1. The van der Waals surface area contributed by atoms with Crippen molar-refractivity contribution in [2.75, 3.05) is 13.7 Å². The minimum Gasteiger partial charge on any atom is -0.497 e. The lowest BCUT2D eigenvalue weighted by Gasteiger charge is -2.15. The topological polar surface area (TPSA) is 21.3 Å². The van der Waals surface area contributed by atoms with E-state index in [9.17, 15) is 4.39 Å². The van der Waals surface area contributed by atoms with E-state index in [0.717, 1.165) is 19.4 Å². The lowest BCUT2D eigenvalue weighted by molar-refractivity contribution is 0.409. The molecule has 1 aromatic rings. The summed E-state index contributed by atoms with van der Waals surface area (Å²) in [6.45, 7) is 2.72. The molecule has 0 heterocycles. The third kappa shape index (κ3) is 4.08. The van der Waals surface area contributed by atoms with E-state index in [1.165, 1.54) is 13.2 Å². The predicted octanol–water partition coefficient (Wildman–Crippen LogP) is 2.90. The van der Waals surface area contributed by atoms with Crippen LogP contribution in [0, 0.1) is 18.2 Å². The van der Waals surface area contributed by atoms with Gasteiger partial charge in [-0.3, -0.25) is 0 Å². The van der Waals surface area contributed by atoms with Gasteiger partial charge in [-0.25, -0.2) is 4.39 Å². The van der Waals surface area contributed by atoms with Crippen LogP contribution in [0.3, 0.4) is 0 Å². The maximum absolute atomic E-state index is 13.7. The van der Waals surface area contributed by atoms with Crippen LogP contribution in [0.4, 0.5) is 4.39 Å². The first-order valence-corrected chi connectivity index (χ1v) is 5.69. The number of benzene rings is 1. The minimum atomic E-state index is -0.249. The van der Waals surface area contributed by atoms with Crippen LogP contribution >= 0.6 is 0 Å². The van der Waals surface area contributed by atoms with E-state index in [0.29, 0.717) is 11.3 Å². The highest BCUT2D eigenvalue weighted by Gasteiger charge is 2.10. The lowest BCUT2D eigenvalue weighted by atomic mass is 10.1. The molecule has 3 heteroatoms. The number of methoxy groups -OCH3 is 1. The molecule has 0 amide bonds. The number of halogens is 1. The zero-order valence-corrected chi connectivity index (χ0v) is 10.3. The van der Waals surface area contributed by atoms with Crippen molar-refractivity contribution in [2.24, 2.45) is 0 Å². The summed E-state index contributed by atoms with van der Waals surface area (Å²) >= 11 is 0. The fourth-order valence-electron chi connectivity index (χ4n) is 1.60. The summed E-state index contributed by atoms with van der Waals surface area (Å²) in [5.41, 5.74) is 0.645. The Bertz CT molecular complexity index is 398. The summed E-state index contributed by atoms with van der Waals surface area (Å²) < 4.78 is 18.7. The lowest BCUT2D eigenvalue weighted by Crippen LogP contribution is -2.20. The Morgan fingerprint density at radius 3 is 2.88 bits per heavy atom. The van der Waals surface area contributed by atoms with Gasteiger partial charge in [-0.05, 0) is 26.0 Å². The third-order valence-corrected chi connectivity index (χ3v) is 2.62. The first-order valence-electron chi connectivity index (χ1n) is 5.69. The van der Waals surface area contributed by atoms with Crippen molar-refractivity contribution < 1.29 is 9.13 Å². The minimum absolute atomic E-state index is 0.0290. The summed E-state index contributed by atoms with van der Waals surface area (Å²) in [6, 6.07) is 4.87. The molecular weight excluding hydrogens is 217 g/mol. The Morgan fingerprint density at radius 2 is 2.29 bits per heavy atom. The van der Waals surface area contributed by atoms with Crippen LogP contribution in [0.5, 0.6) is 5.75 Å². The molecule has 0 saturated carbocycles. The summed E-state index contributed by atoms with van der Waals surface area (Å²) in [5, 5.41) is 3.24.